The summed E-state index contributed by atoms with van der Waals surface area (Å²) < 4.78 is 5.31. The van der Waals surface area contributed by atoms with Gasteiger partial charge < -0.3 is 15.0 Å². The highest BCUT2D eigenvalue weighted by atomic mass is 16.6. The number of benzene rings is 1. The molecule has 130 valence electrons. The van der Waals surface area contributed by atoms with Gasteiger partial charge in [0.2, 0.25) is 0 Å². The van der Waals surface area contributed by atoms with Crippen LogP contribution < -0.4 is 15.6 Å². The quantitative estimate of drug-likeness (QED) is 0.871. The number of likely N-dealkylation sites (tertiary alicyclic amines) is 1. The topological polar surface area (TPSA) is 104 Å². The van der Waals surface area contributed by atoms with Crippen LogP contribution in [0.1, 0.15) is 23.3 Å². The maximum absolute atomic E-state index is 12.1. The van der Waals surface area contributed by atoms with Crippen LogP contribution in [-0.4, -0.2) is 46.2 Å². The molecule has 8 heteroatoms. The number of ether oxygens (including phenoxy) is 1. The van der Waals surface area contributed by atoms with Gasteiger partial charge >= 0.3 is 6.09 Å². The van der Waals surface area contributed by atoms with Gasteiger partial charge in [0.05, 0.1) is 0 Å². The van der Waals surface area contributed by atoms with E-state index in [1.807, 2.05) is 6.07 Å². The molecule has 1 aliphatic heterocycles. The molecule has 2 aromatic rings. The molecule has 1 aliphatic rings. The maximum Gasteiger partial charge on any atom is 0.415 e. The van der Waals surface area contributed by atoms with Crippen molar-refractivity contribution >= 4 is 12.0 Å². The van der Waals surface area contributed by atoms with Crippen molar-refractivity contribution in [3.63, 3.8) is 0 Å². The number of amides is 2. The Kier molecular flexibility index (Phi) is 5.08. The summed E-state index contributed by atoms with van der Waals surface area (Å²) in [7, 11) is 0. The first-order chi connectivity index (χ1) is 12.1. The maximum atomic E-state index is 12.1. The van der Waals surface area contributed by atoms with Gasteiger partial charge in [-0.1, -0.05) is 18.2 Å². The zero-order chi connectivity index (χ0) is 17.6. The Morgan fingerprint density at radius 1 is 1.12 bits per heavy atom. The highest BCUT2D eigenvalue weighted by Gasteiger charge is 2.25. The lowest BCUT2D eigenvalue weighted by molar-refractivity contribution is 0.0904. The number of hydrogen-bond acceptors (Lipinski definition) is 5. The third kappa shape index (κ3) is 4.43. The van der Waals surface area contributed by atoms with Gasteiger partial charge in [0, 0.05) is 25.2 Å². The van der Waals surface area contributed by atoms with E-state index in [9.17, 15) is 14.4 Å². The fourth-order valence-electron chi connectivity index (χ4n) is 2.59. The van der Waals surface area contributed by atoms with Crippen molar-refractivity contribution in [3.05, 3.63) is 58.5 Å². The molecule has 2 N–H and O–H groups in total. The largest absolute Gasteiger partial charge is 0.415 e. The number of carbonyl (C=O) groups excluding carboxylic acids is 2. The molecular formula is C17H18N4O4. The molecule has 3 rings (SSSR count). The minimum atomic E-state index is -0.390. The second-order valence-electron chi connectivity index (χ2n) is 5.72. The van der Waals surface area contributed by atoms with Gasteiger partial charge in [0.25, 0.3) is 11.5 Å². The smallest absolute Gasteiger partial charge is 0.410 e. The van der Waals surface area contributed by atoms with Crippen LogP contribution >= 0.6 is 0 Å². The molecule has 0 saturated carbocycles. The van der Waals surface area contributed by atoms with Crippen LogP contribution in [-0.2, 0) is 0 Å². The summed E-state index contributed by atoms with van der Waals surface area (Å²) in [6, 6.07) is 11.5. The van der Waals surface area contributed by atoms with Crippen LogP contribution in [0.25, 0.3) is 0 Å². The Hall–Kier alpha value is -3.16. The van der Waals surface area contributed by atoms with Gasteiger partial charge in [-0.15, -0.1) is 0 Å². The molecule has 2 heterocycles. The van der Waals surface area contributed by atoms with Crippen molar-refractivity contribution in [1.82, 2.24) is 20.4 Å². The monoisotopic (exact) mass is 342 g/mol. The van der Waals surface area contributed by atoms with E-state index < -0.39 is 6.09 Å². The van der Waals surface area contributed by atoms with E-state index in [0.717, 1.165) is 0 Å². The fraction of sp³-hybridized carbons (Fsp3) is 0.294. The third-order valence-corrected chi connectivity index (χ3v) is 3.95. The first-order valence-electron chi connectivity index (χ1n) is 8.00. The van der Waals surface area contributed by atoms with Crippen LogP contribution in [0, 0.1) is 0 Å². The molecule has 1 aromatic heterocycles. The molecule has 1 aromatic carbocycles. The van der Waals surface area contributed by atoms with Crippen LogP contribution in [0.5, 0.6) is 5.75 Å². The molecule has 8 nitrogen and oxygen atoms in total. The van der Waals surface area contributed by atoms with Crippen molar-refractivity contribution < 1.29 is 14.3 Å². The summed E-state index contributed by atoms with van der Waals surface area (Å²) in [5.74, 6) is 0.161. The number of aromatic amines is 1. The number of hydrogen-bond donors (Lipinski definition) is 2. The van der Waals surface area contributed by atoms with E-state index in [0.29, 0.717) is 31.7 Å². The summed E-state index contributed by atoms with van der Waals surface area (Å²) in [6.07, 6.45) is 0.857. The Bertz CT molecular complexity index is 777. The minimum absolute atomic E-state index is 0.0537. The number of H-pyrrole nitrogens is 1. The van der Waals surface area contributed by atoms with Gasteiger partial charge in [-0.3, -0.25) is 9.59 Å². The zero-order valence-electron chi connectivity index (χ0n) is 13.5. The molecule has 0 radical (unpaired) electrons. The lowest BCUT2D eigenvalue weighted by Crippen LogP contribution is -2.47. The highest BCUT2D eigenvalue weighted by Crippen LogP contribution is 2.15. The molecule has 0 aliphatic carbocycles. The van der Waals surface area contributed by atoms with E-state index in [-0.39, 0.29) is 23.2 Å². The fourth-order valence-corrected chi connectivity index (χ4v) is 2.59. The summed E-state index contributed by atoms with van der Waals surface area (Å²) in [5, 5.41) is 8.79. The molecular weight excluding hydrogens is 324 g/mol. The number of carbonyl (C=O) groups is 2. The van der Waals surface area contributed by atoms with Crippen LogP contribution in [0.15, 0.2) is 47.3 Å². The number of para-hydroxylation sites is 1. The number of nitrogens with zero attached hydrogens (tertiary/aromatic N) is 2. The Morgan fingerprint density at radius 2 is 1.84 bits per heavy atom. The predicted molar refractivity (Wildman–Crippen MR) is 89.4 cm³/mol. The second-order valence-corrected chi connectivity index (χ2v) is 5.72. The minimum Gasteiger partial charge on any atom is -0.410 e. The van der Waals surface area contributed by atoms with Gasteiger partial charge in [0.1, 0.15) is 11.4 Å². The molecule has 25 heavy (non-hydrogen) atoms. The standard InChI is InChI=1S/C17H18N4O4/c22-15-7-6-14(19-20-15)16(23)18-12-8-10-21(11-9-12)17(24)25-13-4-2-1-3-5-13/h1-7,12H,8-11H2,(H,18,23)(H,20,22). The summed E-state index contributed by atoms with van der Waals surface area (Å²) >= 11 is 0. The van der Waals surface area contributed by atoms with Crippen molar-refractivity contribution in [1.29, 1.82) is 0 Å². The molecule has 1 fully saturated rings. The highest BCUT2D eigenvalue weighted by molar-refractivity contribution is 5.92. The molecule has 1 saturated heterocycles. The van der Waals surface area contributed by atoms with Crippen LogP contribution in [0.2, 0.25) is 0 Å². The zero-order valence-corrected chi connectivity index (χ0v) is 13.5. The van der Waals surface area contributed by atoms with Crippen molar-refractivity contribution in [3.8, 4) is 5.75 Å². The summed E-state index contributed by atoms with van der Waals surface area (Å²) in [5.41, 5.74) is -0.202. The van der Waals surface area contributed by atoms with Gasteiger partial charge in [-0.2, -0.15) is 5.10 Å². The molecule has 2 amide bonds. The van der Waals surface area contributed by atoms with E-state index in [2.05, 4.69) is 15.5 Å². The number of nitrogens with one attached hydrogen (secondary N) is 2. The summed E-state index contributed by atoms with van der Waals surface area (Å²) in [6.45, 7) is 0.991. The average molecular weight is 342 g/mol. The molecule has 0 atom stereocenters. The van der Waals surface area contributed by atoms with Crippen LogP contribution in [0.3, 0.4) is 0 Å². The molecule has 0 bridgehead atoms. The predicted octanol–water partition coefficient (Wildman–Crippen LogP) is 1.16. The van der Waals surface area contributed by atoms with Gasteiger partial charge in [0.15, 0.2) is 0 Å². The van der Waals surface area contributed by atoms with E-state index in [1.165, 1.54) is 12.1 Å². The lowest BCUT2D eigenvalue weighted by atomic mass is 10.1. The number of aromatic nitrogens is 2. The van der Waals surface area contributed by atoms with E-state index in [1.54, 1.807) is 29.2 Å². The van der Waals surface area contributed by atoms with E-state index >= 15 is 0 Å². The first-order valence-corrected chi connectivity index (χ1v) is 8.00. The Labute approximate surface area is 143 Å². The normalized spacial score (nSPS) is 14.8. The lowest BCUT2D eigenvalue weighted by Gasteiger charge is -2.31. The Balaban J connectivity index is 1.48. The van der Waals surface area contributed by atoms with Gasteiger partial charge in [-0.05, 0) is 31.0 Å². The van der Waals surface area contributed by atoms with Crippen molar-refractivity contribution in [2.75, 3.05) is 13.1 Å². The molecule has 0 spiro atoms. The number of rotatable bonds is 3. The Morgan fingerprint density at radius 3 is 2.48 bits per heavy atom. The van der Waals surface area contributed by atoms with Crippen molar-refractivity contribution in [2.24, 2.45) is 0 Å². The first kappa shape index (κ1) is 16.7. The van der Waals surface area contributed by atoms with E-state index in [4.69, 9.17) is 4.74 Å². The average Bonchev–Trinajstić information content (AvgIpc) is 2.63. The summed E-state index contributed by atoms with van der Waals surface area (Å²) in [4.78, 5) is 36.8. The SMILES string of the molecule is O=C(NC1CCN(C(=O)Oc2ccccc2)CC1)c1ccc(=O)[nH]n1. The molecule has 0 unspecified atom stereocenters. The number of piperidine rings is 1. The second kappa shape index (κ2) is 7.61. The third-order valence-electron chi connectivity index (χ3n) is 3.95. The van der Waals surface area contributed by atoms with Gasteiger partial charge in [-0.25, -0.2) is 9.89 Å². The van der Waals surface area contributed by atoms with Crippen LogP contribution in [0.4, 0.5) is 4.79 Å². The van der Waals surface area contributed by atoms with Crippen molar-refractivity contribution in [2.45, 2.75) is 18.9 Å².